The van der Waals surface area contributed by atoms with Crippen LogP contribution in [0.5, 0.6) is 0 Å². The number of hydrogen-bond donors (Lipinski definition) is 2. The first-order valence-electron chi connectivity index (χ1n) is 3.42. The summed E-state index contributed by atoms with van der Waals surface area (Å²) in [6.07, 6.45) is 2.39. The Morgan fingerprint density at radius 3 is 2.45 bits per heavy atom. The second-order valence-corrected chi connectivity index (χ2v) is 2.41. The third kappa shape index (κ3) is 1.96. The average molecular weight is 153 g/mol. The Morgan fingerprint density at radius 2 is 2.00 bits per heavy atom. The number of nitrogens with zero attached hydrogens (tertiary/aromatic N) is 2. The lowest BCUT2D eigenvalue weighted by atomic mass is 10.2. The zero-order valence-electron chi connectivity index (χ0n) is 6.31. The van der Waals surface area contributed by atoms with Gasteiger partial charge in [0.1, 0.15) is 6.10 Å². The Bertz CT molecular complexity index is 212. The molecule has 0 aliphatic carbocycles. The lowest BCUT2D eigenvalue weighted by Crippen LogP contribution is -2.25. The van der Waals surface area contributed by atoms with E-state index in [0.29, 0.717) is 5.82 Å². The molecule has 11 heavy (non-hydrogen) atoms. The minimum atomic E-state index is -0.767. The Morgan fingerprint density at radius 1 is 1.45 bits per heavy atom. The van der Waals surface area contributed by atoms with E-state index in [1.165, 1.54) is 0 Å². The van der Waals surface area contributed by atoms with Crippen LogP contribution in [-0.4, -0.2) is 21.1 Å². The first-order chi connectivity index (χ1) is 5.22. The van der Waals surface area contributed by atoms with Crippen LogP contribution in [0.4, 0.5) is 0 Å². The highest BCUT2D eigenvalue weighted by Crippen LogP contribution is 2.07. The second kappa shape index (κ2) is 3.41. The van der Waals surface area contributed by atoms with Crippen molar-refractivity contribution in [1.29, 1.82) is 0 Å². The molecule has 1 heterocycles. The van der Waals surface area contributed by atoms with Gasteiger partial charge >= 0.3 is 0 Å². The van der Waals surface area contributed by atoms with Gasteiger partial charge in [0.15, 0.2) is 5.82 Å². The molecule has 0 aromatic carbocycles. The summed E-state index contributed by atoms with van der Waals surface area (Å²) in [5.41, 5.74) is 5.44. The number of nitrogens with two attached hydrogens (primary N) is 1. The van der Waals surface area contributed by atoms with Gasteiger partial charge in [0.2, 0.25) is 0 Å². The van der Waals surface area contributed by atoms with Crippen LogP contribution in [0.2, 0.25) is 0 Å². The molecule has 0 saturated carbocycles. The third-order valence-corrected chi connectivity index (χ3v) is 1.35. The molecule has 0 fully saturated rings. The van der Waals surface area contributed by atoms with Crippen LogP contribution in [0, 0.1) is 0 Å². The van der Waals surface area contributed by atoms with Gasteiger partial charge in [0.25, 0.3) is 0 Å². The third-order valence-electron chi connectivity index (χ3n) is 1.35. The molecule has 0 unspecified atom stereocenters. The fourth-order valence-electron chi connectivity index (χ4n) is 0.698. The summed E-state index contributed by atoms with van der Waals surface area (Å²) in [6.45, 7) is 1.71. The van der Waals surface area contributed by atoms with E-state index in [2.05, 4.69) is 9.97 Å². The van der Waals surface area contributed by atoms with Gasteiger partial charge in [-0.2, -0.15) is 0 Å². The lowest BCUT2D eigenvalue weighted by Gasteiger charge is -2.11. The van der Waals surface area contributed by atoms with Crippen molar-refractivity contribution in [2.75, 3.05) is 0 Å². The Labute approximate surface area is 65.1 Å². The van der Waals surface area contributed by atoms with Gasteiger partial charge in [-0.3, -0.25) is 0 Å². The van der Waals surface area contributed by atoms with Crippen LogP contribution >= 0.6 is 0 Å². The molecule has 1 aromatic rings. The normalized spacial score (nSPS) is 15.9. The summed E-state index contributed by atoms with van der Waals surface area (Å²) in [6, 6.07) is 1.36. The molecule has 4 nitrogen and oxygen atoms in total. The minimum Gasteiger partial charge on any atom is -0.383 e. The predicted molar refractivity (Wildman–Crippen MR) is 40.6 cm³/mol. The molecule has 0 saturated heterocycles. The largest absolute Gasteiger partial charge is 0.383 e. The minimum absolute atomic E-state index is 0.336. The molecule has 2 atom stereocenters. The number of aliphatic hydroxyl groups is 1. The summed E-state index contributed by atoms with van der Waals surface area (Å²) in [5.74, 6) is 0.377. The van der Waals surface area contributed by atoms with E-state index in [9.17, 15) is 5.11 Å². The van der Waals surface area contributed by atoms with Crippen molar-refractivity contribution in [2.45, 2.75) is 19.1 Å². The monoisotopic (exact) mass is 153 g/mol. The van der Waals surface area contributed by atoms with E-state index in [-0.39, 0.29) is 6.04 Å². The molecule has 1 aromatic heterocycles. The fourth-order valence-corrected chi connectivity index (χ4v) is 0.698. The molecule has 0 bridgehead atoms. The summed E-state index contributed by atoms with van der Waals surface area (Å²) >= 11 is 0. The van der Waals surface area contributed by atoms with Crippen molar-refractivity contribution < 1.29 is 5.11 Å². The summed E-state index contributed by atoms with van der Waals surface area (Å²) in [4.78, 5) is 7.72. The maximum absolute atomic E-state index is 9.35. The van der Waals surface area contributed by atoms with Crippen LogP contribution < -0.4 is 5.73 Å². The second-order valence-electron chi connectivity index (χ2n) is 2.41. The van der Waals surface area contributed by atoms with Crippen molar-refractivity contribution in [3.63, 3.8) is 0 Å². The zero-order valence-corrected chi connectivity index (χ0v) is 6.31. The van der Waals surface area contributed by atoms with E-state index in [0.717, 1.165) is 0 Å². The number of aliphatic hydroxyl groups excluding tert-OH is 1. The first kappa shape index (κ1) is 8.10. The topological polar surface area (TPSA) is 72.0 Å². The average Bonchev–Trinajstić information content (AvgIpc) is 2.05. The molecule has 0 radical (unpaired) electrons. The van der Waals surface area contributed by atoms with E-state index in [1.54, 1.807) is 25.4 Å². The van der Waals surface area contributed by atoms with Crippen LogP contribution in [-0.2, 0) is 0 Å². The van der Waals surface area contributed by atoms with Crippen LogP contribution in [0.15, 0.2) is 18.5 Å². The van der Waals surface area contributed by atoms with Crippen LogP contribution in [0.1, 0.15) is 18.9 Å². The lowest BCUT2D eigenvalue weighted by molar-refractivity contribution is 0.143. The summed E-state index contributed by atoms with van der Waals surface area (Å²) < 4.78 is 0. The zero-order chi connectivity index (χ0) is 8.27. The maximum Gasteiger partial charge on any atom is 0.158 e. The van der Waals surface area contributed by atoms with Crippen molar-refractivity contribution in [1.82, 2.24) is 9.97 Å². The SMILES string of the molecule is C[C@@H](N)[C@@H](O)c1ncccn1. The highest BCUT2D eigenvalue weighted by molar-refractivity contribution is 4.94. The Hall–Kier alpha value is -1.00. The summed E-state index contributed by atoms with van der Waals surface area (Å²) in [7, 11) is 0. The van der Waals surface area contributed by atoms with Crippen molar-refractivity contribution in [3.05, 3.63) is 24.3 Å². The fraction of sp³-hybridized carbons (Fsp3) is 0.429. The van der Waals surface area contributed by atoms with Gasteiger partial charge < -0.3 is 10.8 Å². The van der Waals surface area contributed by atoms with E-state index in [4.69, 9.17) is 5.73 Å². The molecular formula is C7H11N3O. The summed E-state index contributed by atoms with van der Waals surface area (Å²) in [5, 5.41) is 9.35. The van der Waals surface area contributed by atoms with Gasteiger partial charge in [0, 0.05) is 18.4 Å². The van der Waals surface area contributed by atoms with Gasteiger partial charge in [-0.05, 0) is 13.0 Å². The van der Waals surface area contributed by atoms with E-state index in [1.807, 2.05) is 0 Å². The molecule has 3 N–H and O–H groups in total. The molecule has 0 aliphatic rings. The molecule has 1 rings (SSSR count). The molecule has 0 aliphatic heterocycles. The van der Waals surface area contributed by atoms with Crippen molar-refractivity contribution >= 4 is 0 Å². The number of hydrogen-bond acceptors (Lipinski definition) is 4. The highest BCUT2D eigenvalue weighted by Gasteiger charge is 2.13. The highest BCUT2D eigenvalue weighted by atomic mass is 16.3. The van der Waals surface area contributed by atoms with Gasteiger partial charge in [0.05, 0.1) is 0 Å². The molecule has 4 heteroatoms. The van der Waals surface area contributed by atoms with Gasteiger partial charge in [-0.15, -0.1) is 0 Å². The standard InChI is InChI=1S/C7H11N3O/c1-5(8)6(11)7-9-3-2-4-10-7/h2-6,11H,8H2,1H3/t5-,6-/m1/s1. The molecule has 60 valence electrons. The van der Waals surface area contributed by atoms with Gasteiger partial charge in [-0.25, -0.2) is 9.97 Å². The van der Waals surface area contributed by atoms with Crippen LogP contribution in [0.3, 0.4) is 0 Å². The Kier molecular flexibility index (Phi) is 2.51. The Balaban J connectivity index is 2.77. The quantitative estimate of drug-likeness (QED) is 0.620. The molecule has 0 spiro atoms. The van der Waals surface area contributed by atoms with Gasteiger partial charge in [-0.1, -0.05) is 0 Å². The number of aromatic nitrogens is 2. The van der Waals surface area contributed by atoms with Crippen molar-refractivity contribution in [3.8, 4) is 0 Å². The molecular weight excluding hydrogens is 142 g/mol. The van der Waals surface area contributed by atoms with Crippen LogP contribution in [0.25, 0.3) is 0 Å². The maximum atomic E-state index is 9.35. The van der Waals surface area contributed by atoms with E-state index >= 15 is 0 Å². The van der Waals surface area contributed by atoms with E-state index < -0.39 is 6.10 Å². The smallest absolute Gasteiger partial charge is 0.158 e. The number of rotatable bonds is 2. The predicted octanol–water partition coefficient (Wildman–Crippen LogP) is -0.143. The first-order valence-corrected chi connectivity index (χ1v) is 3.42. The van der Waals surface area contributed by atoms with Crippen molar-refractivity contribution in [2.24, 2.45) is 5.73 Å². The molecule has 0 amide bonds.